The number of hydrogen-bond acceptors (Lipinski definition) is 6. The van der Waals surface area contributed by atoms with Crippen molar-refractivity contribution >= 4 is 61.8 Å². The van der Waals surface area contributed by atoms with Crippen molar-refractivity contribution in [2.24, 2.45) is 10.2 Å². The normalized spacial score (nSPS) is 14.5. The van der Waals surface area contributed by atoms with Crippen molar-refractivity contribution in [1.29, 1.82) is 0 Å². The van der Waals surface area contributed by atoms with Crippen molar-refractivity contribution in [3.8, 4) is 0 Å². The summed E-state index contributed by atoms with van der Waals surface area (Å²) < 4.78 is 27.3. The number of nitrogens with zero attached hydrogens (tertiary/aromatic N) is 2. The fraction of sp³-hybridized carbons (Fsp3) is 0.286. The Hall–Kier alpha value is -1.91. The molecule has 11 heteroatoms. The average molecular weight is 513 g/mol. The smallest absolute Gasteiger partial charge is 0.241 e. The van der Waals surface area contributed by atoms with Gasteiger partial charge in [0.05, 0.1) is 22.2 Å². The van der Waals surface area contributed by atoms with E-state index >= 15 is 0 Å². The van der Waals surface area contributed by atoms with Crippen molar-refractivity contribution in [2.45, 2.75) is 31.1 Å². The fourth-order valence-corrected chi connectivity index (χ4v) is 5.03. The van der Waals surface area contributed by atoms with Crippen LogP contribution in [0.4, 0.5) is 0 Å². The van der Waals surface area contributed by atoms with E-state index in [1.165, 1.54) is 23.9 Å². The Morgan fingerprint density at radius 1 is 1.09 bits per heavy atom. The largest absolute Gasteiger partial charge is 0.303 e. The number of benzene rings is 2. The molecule has 0 fully saturated rings. The van der Waals surface area contributed by atoms with Crippen LogP contribution in [-0.4, -0.2) is 37.5 Å². The lowest BCUT2D eigenvalue weighted by Gasteiger charge is -2.19. The van der Waals surface area contributed by atoms with Gasteiger partial charge in [-0.25, -0.2) is 13.1 Å². The lowest BCUT2D eigenvalue weighted by molar-refractivity contribution is -0.118. The minimum atomic E-state index is -3.82. The predicted octanol–water partition coefficient (Wildman–Crippen LogP) is 4.19. The molecule has 0 saturated heterocycles. The van der Waals surface area contributed by atoms with E-state index in [1.54, 1.807) is 30.3 Å². The SMILES string of the molecule is CC(C)(C)c1ccc(S(=O)(=O)NCC(=O)NC2=NN=C(c3ccc(Cl)cc3Cl)CS2)cc1. The maximum Gasteiger partial charge on any atom is 0.241 e. The molecule has 0 spiro atoms. The number of nitrogens with one attached hydrogen (secondary N) is 2. The second kappa shape index (κ2) is 9.93. The zero-order valence-electron chi connectivity index (χ0n) is 17.6. The minimum Gasteiger partial charge on any atom is -0.303 e. The highest BCUT2D eigenvalue weighted by atomic mass is 35.5. The first-order valence-corrected chi connectivity index (χ1v) is 12.8. The van der Waals surface area contributed by atoms with Gasteiger partial charge in [-0.15, -0.1) is 5.10 Å². The molecule has 0 aliphatic carbocycles. The van der Waals surface area contributed by atoms with E-state index in [0.717, 1.165) is 5.56 Å². The summed E-state index contributed by atoms with van der Waals surface area (Å²) in [4.78, 5) is 12.3. The van der Waals surface area contributed by atoms with E-state index in [4.69, 9.17) is 23.2 Å². The minimum absolute atomic E-state index is 0.0881. The van der Waals surface area contributed by atoms with Crippen molar-refractivity contribution < 1.29 is 13.2 Å². The van der Waals surface area contributed by atoms with Gasteiger partial charge in [-0.1, -0.05) is 73.9 Å². The molecule has 3 rings (SSSR count). The van der Waals surface area contributed by atoms with Crippen LogP contribution in [0.2, 0.25) is 10.0 Å². The topological polar surface area (TPSA) is 100.0 Å². The van der Waals surface area contributed by atoms with Crippen molar-refractivity contribution in [2.75, 3.05) is 12.3 Å². The van der Waals surface area contributed by atoms with Crippen LogP contribution in [0.5, 0.6) is 0 Å². The van der Waals surface area contributed by atoms with Crippen molar-refractivity contribution in [1.82, 2.24) is 10.0 Å². The van der Waals surface area contributed by atoms with Gasteiger partial charge in [0.1, 0.15) is 0 Å². The average Bonchev–Trinajstić information content (AvgIpc) is 2.73. The molecule has 170 valence electrons. The Balaban J connectivity index is 1.59. The summed E-state index contributed by atoms with van der Waals surface area (Å²) >= 11 is 13.4. The Labute approximate surface area is 201 Å². The van der Waals surface area contributed by atoms with E-state index in [1.807, 2.05) is 20.8 Å². The van der Waals surface area contributed by atoms with Crippen LogP contribution in [0, 0.1) is 0 Å². The molecule has 1 amide bonds. The molecule has 0 bridgehead atoms. The van der Waals surface area contributed by atoms with Crippen LogP contribution in [-0.2, 0) is 20.2 Å². The highest BCUT2D eigenvalue weighted by molar-refractivity contribution is 8.14. The summed E-state index contributed by atoms with van der Waals surface area (Å²) in [5, 5.41) is 11.9. The molecule has 2 aromatic carbocycles. The number of hydrogen-bond donors (Lipinski definition) is 2. The van der Waals surface area contributed by atoms with Gasteiger partial charge in [0.15, 0.2) is 5.17 Å². The van der Waals surface area contributed by atoms with Crippen LogP contribution < -0.4 is 10.0 Å². The molecular weight excluding hydrogens is 491 g/mol. The number of rotatable bonds is 5. The van der Waals surface area contributed by atoms with Crippen LogP contribution in [0.15, 0.2) is 57.6 Å². The molecule has 0 unspecified atom stereocenters. The standard InChI is InChI=1S/C21H22Cl2N4O3S2/c1-21(2,3)13-4-7-15(8-5-13)32(29,30)24-11-19(28)25-20-27-26-18(12-31-20)16-9-6-14(22)10-17(16)23/h4-10,24H,11-12H2,1-3H3,(H,25,27,28). The summed E-state index contributed by atoms with van der Waals surface area (Å²) in [5.74, 6) is -0.110. The lowest BCUT2D eigenvalue weighted by atomic mass is 9.87. The first kappa shape index (κ1) is 24.7. The number of thioether (sulfide) groups is 1. The molecule has 0 saturated carbocycles. The molecular formula is C21H22Cl2N4O3S2. The van der Waals surface area contributed by atoms with E-state index < -0.39 is 22.5 Å². The molecule has 7 nitrogen and oxygen atoms in total. The summed E-state index contributed by atoms with van der Waals surface area (Å²) in [5.41, 5.74) is 2.29. The van der Waals surface area contributed by atoms with Gasteiger partial charge in [0.2, 0.25) is 15.9 Å². The van der Waals surface area contributed by atoms with Crippen molar-refractivity contribution in [3.63, 3.8) is 0 Å². The number of sulfonamides is 1. The Kier molecular flexibility index (Phi) is 7.67. The number of amidine groups is 1. The first-order chi connectivity index (χ1) is 15.0. The maximum absolute atomic E-state index is 12.5. The van der Waals surface area contributed by atoms with Crippen LogP contribution in [0.1, 0.15) is 31.9 Å². The van der Waals surface area contributed by atoms with Gasteiger partial charge in [-0.05, 0) is 35.2 Å². The van der Waals surface area contributed by atoms with Crippen LogP contribution in [0.25, 0.3) is 0 Å². The van der Waals surface area contributed by atoms with Gasteiger partial charge >= 0.3 is 0 Å². The van der Waals surface area contributed by atoms with Gasteiger partial charge in [-0.2, -0.15) is 5.10 Å². The molecule has 2 N–H and O–H groups in total. The van der Waals surface area contributed by atoms with Gasteiger partial charge in [-0.3, -0.25) is 4.79 Å². The highest BCUT2D eigenvalue weighted by Gasteiger charge is 2.20. The van der Waals surface area contributed by atoms with E-state index in [-0.39, 0.29) is 15.5 Å². The third-order valence-electron chi connectivity index (χ3n) is 4.55. The third kappa shape index (κ3) is 6.32. The number of carbonyl (C=O) groups excluding carboxylic acids is 1. The molecule has 0 atom stereocenters. The first-order valence-electron chi connectivity index (χ1n) is 9.58. The zero-order valence-corrected chi connectivity index (χ0v) is 20.8. The molecule has 0 radical (unpaired) electrons. The molecule has 0 aromatic heterocycles. The third-order valence-corrected chi connectivity index (χ3v) is 7.39. The monoisotopic (exact) mass is 512 g/mol. The van der Waals surface area contributed by atoms with E-state index in [9.17, 15) is 13.2 Å². The second-order valence-electron chi connectivity index (χ2n) is 8.01. The Morgan fingerprint density at radius 3 is 2.34 bits per heavy atom. The fourth-order valence-electron chi connectivity index (χ4n) is 2.76. The summed E-state index contributed by atoms with van der Waals surface area (Å²) in [6, 6.07) is 11.7. The zero-order chi connectivity index (χ0) is 23.5. The molecule has 2 aromatic rings. The Bertz CT molecular complexity index is 1190. The summed E-state index contributed by atoms with van der Waals surface area (Å²) in [6.07, 6.45) is 0. The summed E-state index contributed by atoms with van der Waals surface area (Å²) in [7, 11) is -3.82. The Morgan fingerprint density at radius 2 is 1.78 bits per heavy atom. The van der Waals surface area contributed by atoms with Crippen molar-refractivity contribution in [3.05, 3.63) is 63.6 Å². The molecule has 1 aliphatic heterocycles. The quantitative estimate of drug-likeness (QED) is 0.626. The van der Waals surface area contributed by atoms with E-state index in [0.29, 0.717) is 27.1 Å². The number of halogens is 2. The second-order valence-corrected chi connectivity index (χ2v) is 11.6. The number of amides is 1. The predicted molar refractivity (Wildman–Crippen MR) is 131 cm³/mol. The lowest BCUT2D eigenvalue weighted by Crippen LogP contribution is -2.39. The van der Waals surface area contributed by atoms with Gasteiger partial charge < -0.3 is 5.32 Å². The van der Waals surface area contributed by atoms with Crippen LogP contribution in [0.3, 0.4) is 0 Å². The van der Waals surface area contributed by atoms with E-state index in [2.05, 4.69) is 20.2 Å². The number of carbonyl (C=O) groups is 1. The van der Waals surface area contributed by atoms with Gasteiger partial charge in [0, 0.05) is 16.3 Å². The van der Waals surface area contributed by atoms with Crippen LogP contribution >= 0.6 is 35.0 Å². The molecule has 32 heavy (non-hydrogen) atoms. The van der Waals surface area contributed by atoms with Gasteiger partial charge in [0.25, 0.3) is 0 Å². The molecule has 1 heterocycles. The highest BCUT2D eigenvalue weighted by Crippen LogP contribution is 2.25. The summed E-state index contributed by atoms with van der Waals surface area (Å²) in [6.45, 7) is 5.70. The maximum atomic E-state index is 12.5. The molecule has 1 aliphatic rings.